The van der Waals surface area contributed by atoms with E-state index in [2.05, 4.69) is 5.32 Å². The summed E-state index contributed by atoms with van der Waals surface area (Å²) in [7, 11) is -2.92. The standard InChI is InChI=1S/C11H18N2O4S2/c14-10-8-13(11(15)12-10)18-19(16,17)9-6-4-2-1-3-5-7-9/h9H,1-8H2,(H,12,14,15). The maximum atomic E-state index is 12.3. The number of nitrogens with one attached hydrogen (secondary N) is 1. The molecule has 0 radical (unpaired) electrons. The second kappa shape index (κ2) is 6.13. The van der Waals surface area contributed by atoms with Gasteiger partial charge < -0.3 is 0 Å². The fraction of sp³-hybridized carbons (Fsp3) is 0.818. The monoisotopic (exact) mass is 306 g/mol. The molecule has 2 rings (SSSR count). The molecule has 1 aliphatic heterocycles. The Balaban J connectivity index is 2.00. The van der Waals surface area contributed by atoms with Gasteiger partial charge in [0.15, 0.2) is 0 Å². The molecular formula is C11H18N2O4S2. The van der Waals surface area contributed by atoms with E-state index in [1.807, 2.05) is 0 Å². The molecule has 1 aliphatic carbocycles. The first-order valence-electron chi connectivity index (χ1n) is 6.54. The summed E-state index contributed by atoms with van der Waals surface area (Å²) in [6.07, 6.45) is 6.43. The van der Waals surface area contributed by atoms with Gasteiger partial charge in [-0.05, 0) is 12.8 Å². The second-order valence-corrected chi connectivity index (χ2v) is 9.01. The molecule has 0 aromatic heterocycles. The second-order valence-electron chi connectivity index (χ2n) is 4.92. The van der Waals surface area contributed by atoms with E-state index in [1.54, 1.807) is 0 Å². The number of amides is 3. The summed E-state index contributed by atoms with van der Waals surface area (Å²) in [5, 5.41) is 1.68. The van der Waals surface area contributed by atoms with Crippen LogP contribution in [0.4, 0.5) is 4.79 Å². The molecule has 0 bridgehead atoms. The van der Waals surface area contributed by atoms with Crippen molar-refractivity contribution in [2.24, 2.45) is 0 Å². The van der Waals surface area contributed by atoms with Crippen LogP contribution in [0.1, 0.15) is 44.9 Å². The van der Waals surface area contributed by atoms with Crippen molar-refractivity contribution in [3.63, 3.8) is 0 Å². The molecule has 2 aliphatic rings. The molecule has 1 saturated carbocycles. The molecule has 1 heterocycles. The summed E-state index contributed by atoms with van der Waals surface area (Å²) in [5.74, 6) is -0.453. The summed E-state index contributed by atoms with van der Waals surface area (Å²) in [4.78, 5) is 22.4. The van der Waals surface area contributed by atoms with Crippen LogP contribution in [0.25, 0.3) is 0 Å². The van der Waals surface area contributed by atoms with Gasteiger partial charge in [0, 0.05) is 0 Å². The summed E-state index contributed by atoms with van der Waals surface area (Å²) in [6.45, 7) is -0.185. The van der Waals surface area contributed by atoms with Gasteiger partial charge >= 0.3 is 6.03 Å². The van der Waals surface area contributed by atoms with E-state index in [0.29, 0.717) is 23.8 Å². The Hall–Kier alpha value is -0.760. The topological polar surface area (TPSA) is 83.6 Å². The molecule has 8 heteroatoms. The first-order valence-corrected chi connectivity index (χ1v) is 9.37. The lowest BCUT2D eigenvalue weighted by atomic mass is 10.0. The third-order valence-electron chi connectivity index (χ3n) is 3.41. The molecule has 0 unspecified atom stereocenters. The first kappa shape index (κ1) is 14.6. The molecule has 0 atom stereocenters. The number of nitrogens with zero attached hydrogens (tertiary/aromatic N) is 1. The van der Waals surface area contributed by atoms with Crippen molar-refractivity contribution in [1.29, 1.82) is 0 Å². The molecule has 6 nitrogen and oxygen atoms in total. The van der Waals surface area contributed by atoms with Crippen molar-refractivity contribution in [2.45, 2.75) is 50.2 Å². The minimum absolute atomic E-state index is 0.185. The molecule has 1 saturated heterocycles. The van der Waals surface area contributed by atoms with Crippen molar-refractivity contribution >= 4 is 31.8 Å². The quantitative estimate of drug-likeness (QED) is 0.487. The van der Waals surface area contributed by atoms with Gasteiger partial charge in [0.2, 0.25) is 14.8 Å². The Labute approximate surface area is 116 Å². The van der Waals surface area contributed by atoms with Crippen molar-refractivity contribution in [3.8, 4) is 0 Å². The molecule has 1 N–H and O–H groups in total. The summed E-state index contributed by atoms with van der Waals surface area (Å²) in [6, 6.07) is -0.635. The lowest BCUT2D eigenvalue weighted by Crippen LogP contribution is -2.28. The van der Waals surface area contributed by atoms with Crippen LogP contribution in [0.15, 0.2) is 0 Å². The van der Waals surface area contributed by atoms with Gasteiger partial charge in [-0.3, -0.25) is 10.1 Å². The predicted octanol–water partition coefficient (Wildman–Crippen LogP) is 1.63. The molecule has 0 aromatic rings. The highest BCUT2D eigenvalue weighted by molar-refractivity contribution is 8.71. The van der Waals surface area contributed by atoms with Crippen molar-refractivity contribution in [3.05, 3.63) is 0 Å². The van der Waals surface area contributed by atoms with Crippen molar-refractivity contribution in [1.82, 2.24) is 9.62 Å². The van der Waals surface area contributed by atoms with Crippen LogP contribution < -0.4 is 5.32 Å². The number of carbonyl (C=O) groups excluding carboxylic acids is 2. The molecule has 3 amide bonds. The van der Waals surface area contributed by atoms with Crippen LogP contribution in [-0.4, -0.2) is 36.5 Å². The molecule has 19 heavy (non-hydrogen) atoms. The maximum Gasteiger partial charge on any atom is 0.335 e. The minimum Gasteiger partial charge on any atom is -0.276 e. The van der Waals surface area contributed by atoms with Crippen LogP contribution in [0.5, 0.6) is 0 Å². The van der Waals surface area contributed by atoms with E-state index in [1.165, 1.54) is 6.42 Å². The lowest BCUT2D eigenvalue weighted by molar-refractivity contribution is -0.118. The zero-order valence-electron chi connectivity index (χ0n) is 10.6. The molecule has 0 spiro atoms. The summed E-state index contributed by atoms with van der Waals surface area (Å²) in [5.41, 5.74) is 0. The highest BCUT2D eigenvalue weighted by Crippen LogP contribution is 2.31. The van der Waals surface area contributed by atoms with Gasteiger partial charge in [-0.25, -0.2) is 17.5 Å². The van der Waals surface area contributed by atoms with Gasteiger partial charge in [-0.1, -0.05) is 32.1 Å². The van der Waals surface area contributed by atoms with Crippen LogP contribution >= 0.6 is 11.0 Å². The van der Waals surface area contributed by atoms with Gasteiger partial charge in [0.1, 0.15) is 6.54 Å². The van der Waals surface area contributed by atoms with Crippen LogP contribution in [0.3, 0.4) is 0 Å². The van der Waals surface area contributed by atoms with E-state index in [0.717, 1.165) is 30.0 Å². The van der Waals surface area contributed by atoms with E-state index < -0.39 is 26.1 Å². The van der Waals surface area contributed by atoms with E-state index >= 15 is 0 Å². The SMILES string of the molecule is O=C1CN(SS(=O)(=O)C2CCCCCCC2)C(=O)N1. The highest BCUT2D eigenvalue weighted by Gasteiger charge is 2.35. The fourth-order valence-electron chi connectivity index (χ4n) is 2.38. The lowest BCUT2D eigenvalue weighted by Gasteiger charge is -2.21. The smallest absolute Gasteiger partial charge is 0.276 e. The van der Waals surface area contributed by atoms with Crippen LogP contribution in [-0.2, 0) is 13.7 Å². The van der Waals surface area contributed by atoms with Crippen LogP contribution in [0.2, 0.25) is 0 Å². The van der Waals surface area contributed by atoms with E-state index in [4.69, 9.17) is 0 Å². The Morgan fingerprint density at radius 1 is 1.05 bits per heavy atom. The van der Waals surface area contributed by atoms with Crippen molar-refractivity contribution < 1.29 is 18.0 Å². The molecular weight excluding hydrogens is 288 g/mol. The zero-order chi connectivity index (χ0) is 13.9. The van der Waals surface area contributed by atoms with Gasteiger partial charge in [-0.15, -0.1) is 0 Å². The largest absolute Gasteiger partial charge is 0.335 e. The summed E-state index contributed by atoms with van der Waals surface area (Å²) < 4.78 is 25.6. The number of imide groups is 1. The maximum absolute atomic E-state index is 12.3. The molecule has 108 valence electrons. The average molecular weight is 306 g/mol. The fourth-order valence-corrected chi connectivity index (χ4v) is 6.00. The Kier molecular flexibility index (Phi) is 4.72. The summed E-state index contributed by atoms with van der Waals surface area (Å²) >= 11 is 0. The van der Waals surface area contributed by atoms with Crippen molar-refractivity contribution in [2.75, 3.05) is 6.54 Å². The highest BCUT2D eigenvalue weighted by atomic mass is 33.1. The third-order valence-corrected chi connectivity index (χ3v) is 7.36. The third kappa shape index (κ3) is 3.85. The number of urea groups is 1. The van der Waals surface area contributed by atoms with E-state index in [9.17, 15) is 18.0 Å². The molecule has 0 aromatic carbocycles. The first-order chi connectivity index (χ1) is 8.99. The van der Waals surface area contributed by atoms with E-state index in [-0.39, 0.29) is 6.54 Å². The number of hydrogen-bond donors (Lipinski definition) is 1. The number of hydrogen-bond acceptors (Lipinski definition) is 5. The van der Waals surface area contributed by atoms with Crippen LogP contribution in [0, 0.1) is 0 Å². The van der Waals surface area contributed by atoms with Gasteiger partial charge in [0.05, 0.1) is 16.2 Å². The average Bonchev–Trinajstić information content (AvgIpc) is 2.55. The van der Waals surface area contributed by atoms with Gasteiger partial charge in [-0.2, -0.15) is 0 Å². The normalized spacial score (nSPS) is 23.1. The predicted molar refractivity (Wildman–Crippen MR) is 72.9 cm³/mol. The number of carbonyl (C=O) groups is 2. The Morgan fingerprint density at radius 3 is 2.16 bits per heavy atom. The Bertz CT molecular complexity index is 455. The number of rotatable bonds is 3. The van der Waals surface area contributed by atoms with Gasteiger partial charge in [0.25, 0.3) is 0 Å². The zero-order valence-corrected chi connectivity index (χ0v) is 12.3. The Morgan fingerprint density at radius 2 is 1.63 bits per heavy atom. The molecule has 2 fully saturated rings. The minimum atomic E-state index is -3.43.